The molecular weight excluding hydrogens is 318 g/mol. The summed E-state index contributed by atoms with van der Waals surface area (Å²) in [5, 5.41) is 2.25. The van der Waals surface area contributed by atoms with Crippen LogP contribution in [0.2, 0.25) is 18.1 Å². The minimum absolute atomic E-state index is 0.153. The van der Waals surface area contributed by atoms with Gasteiger partial charge in [-0.25, -0.2) is 0 Å². The molecule has 2 aliphatic rings. The molecule has 5 heteroatoms. The molecule has 2 heterocycles. The van der Waals surface area contributed by atoms with Crippen molar-refractivity contribution in [2.45, 2.75) is 70.0 Å². The van der Waals surface area contributed by atoms with Crippen LogP contribution in [-0.2, 0) is 14.0 Å². The Hall–Kier alpha value is -0.723. The monoisotopic (exact) mass is 349 g/mol. The Balaban J connectivity index is 1.54. The number of ether oxygens (including phenoxy) is 1. The lowest BCUT2D eigenvalue weighted by Gasteiger charge is -2.39. The second-order valence-electron chi connectivity index (χ2n) is 8.54. The first kappa shape index (κ1) is 18.1. The standard InChI is InChI=1S/C19H31NO3Si/c1-19(2,3)24(4,5)22-13-17-11-16-12-18(23-20(16)14-21-17)15-9-7-6-8-10-15/h6-10,16-18H,11-14H2,1-5H3/t16-,17-,18+/m0/s1. The third-order valence-electron chi connectivity index (χ3n) is 5.74. The van der Waals surface area contributed by atoms with E-state index in [2.05, 4.69) is 58.1 Å². The molecular formula is C19H31NO3Si. The van der Waals surface area contributed by atoms with Crippen LogP contribution >= 0.6 is 0 Å². The van der Waals surface area contributed by atoms with E-state index in [9.17, 15) is 0 Å². The van der Waals surface area contributed by atoms with Crippen LogP contribution in [0.25, 0.3) is 0 Å². The van der Waals surface area contributed by atoms with Gasteiger partial charge in [-0.15, -0.1) is 0 Å². The lowest BCUT2D eigenvalue weighted by Crippen LogP contribution is -2.47. The van der Waals surface area contributed by atoms with Crippen molar-refractivity contribution in [2.75, 3.05) is 13.3 Å². The SMILES string of the molecule is CC(C)(C)[Si](C)(C)OC[C@@H]1C[C@H]2C[C@H](c3ccccc3)ON2CO1. The summed E-state index contributed by atoms with van der Waals surface area (Å²) in [5.41, 5.74) is 1.25. The zero-order valence-electron chi connectivity index (χ0n) is 15.6. The van der Waals surface area contributed by atoms with Crippen molar-refractivity contribution in [2.24, 2.45) is 0 Å². The predicted molar refractivity (Wildman–Crippen MR) is 98.0 cm³/mol. The largest absolute Gasteiger partial charge is 0.414 e. The van der Waals surface area contributed by atoms with E-state index in [0.29, 0.717) is 19.4 Å². The number of benzene rings is 1. The minimum atomic E-state index is -1.71. The van der Waals surface area contributed by atoms with E-state index in [0.717, 1.165) is 12.8 Å². The maximum absolute atomic E-state index is 6.35. The Labute approximate surface area is 147 Å². The molecule has 0 saturated carbocycles. The highest BCUT2D eigenvalue weighted by molar-refractivity contribution is 6.74. The van der Waals surface area contributed by atoms with Gasteiger partial charge in [0.15, 0.2) is 8.32 Å². The lowest BCUT2D eigenvalue weighted by molar-refractivity contribution is -0.250. The van der Waals surface area contributed by atoms with E-state index in [4.69, 9.17) is 14.0 Å². The fourth-order valence-corrected chi connectivity index (χ4v) is 4.09. The highest BCUT2D eigenvalue weighted by atomic mass is 28.4. The molecule has 0 N–H and O–H groups in total. The number of hydrogen-bond acceptors (Lipinski definition) is 4. The van der Waals surface area contributed by atoms with Gasteiger partial charge in [0.1, 0.15) is 12.8 Å². The van der Waals surface area contributed by atoms with Crippen molar-refractivity contribution in [1.82, 2.24) is 5.06 Å². The first-order valence-electron chi connectivity index (χ1n) is 9.00. The normalized spacial score (nSPS) is 28.8. The van der Waals surface area contributed by atoms with E-state index in [-0.39, 0.29) is 17.2 Å². The topological polar surface area (TPSA) is 30.9 Å². The van der Waals surface area contributed by atoms with Crippen LogP contribution in [0.1, 0.15) is 45.3 Å². The van der Waals surface area contributed by atoms with Gasteiger partial charge in [-0.3, -0.25) is 4.84 Å². The van der Waals surface area contributed by atoms with Gasteiger partial charge in [-0.1, -0.05) is 51.1 Å². The molecule has 1 aromatic rings. The summed E-state index contributed by atoms with van der Waals surface area (Å²) in [4.78, 5) is 6.08. The van der Waals surface area contributed by atoms with Crippen LogP contribution in [0.5, 0.6) is 0 Å². The van der Waals surface area contributed by atoms with Gasteiger partial charge >= 0.3 is 0 Å². The van der Waals surface area contributed by atoms with Crippen molar-refractivity contribution in [3.63, 3.8) is 0 Å². The smallest absolute Gasteiger partial charge is 0.192 e. The molecule has 0 spiro atoms. The van der Waals surface area contributed by atoms with E-state index in [1.807, 2.05) is 11.1 Å². The van der Waals surface area contributed by atoms with Crippen LogP contribution in [0.3, 0.4) is 0 Å². The molecule has 0 aliphatic carbocycles. The molecule has 0 unspecified atom stereocenters. The number of hydroxylamine groups is 2. The molecule has 1 aromatic carbocycles. The average molecular weight is 350 g/mol. The second-order valence-corrected chi connectivity index (χ2v) is 13.3. The number of hydrogen-bond donors (Lipinski definition) is 0. The second kappa shape index (κ2) is 6.88. The fraction of sp³-hybridized carbons (Fsp3) is 0.684. The third kappa shape index (κ3) is 3.91. The van der Waals surface area contributed by atoms with Crippen molar-refractivity contribution in [1.29, 1.82) is 0 Å². The van der Waals surface area contributed by atoms with Gasteiger partial charge in [0.05, 0.1) is 12.7 Å². The van der Waals surface area contributed by atoms with Crippen molar-refractivity contribution in [3.8, 4) is 0 Å². The Morgan fingerprint density at radius 3 is 2.54 bits per heavy atom. The lowest BCUT2D eigenvalue weighted by atomic mass is 9.99. The fourth-order valence-electron chi connectivity index (χ4n) is 3.06. The summed E-state index contributed by atoms with van der Waals surface area (Å²) in [6.07, 6.45) is 2.35. The maximum atomic E-state index is 6.35. The van der Waals surface area contributed by atoms with Crippen molar-refractivity contribution in [3.05, 3.63) is 35.9 Å². The predicted octanol–water partition coefficient (Wildman–Crippen LogP) is 4.50. The summed E-state index contributed by atoms with van der Waals surface area (Å²) >= 11 is 0. The molecule has 2 aliphatic heterocycles. The van der Waals surface area contributed by atoms with Crippen LogP contribution in [0, 0.1) is 0 Å². The molecule has 0 amide bonds. The Morgan fingerprint density at radius 1 is 1.17 bits per heavy atom. The van der Waals surface area contributed by atoms with Crippen molar-refractivity contribution >= 4 is 8.32 Å². The summed E-state index contributed by atoms with van der Waals surface area (Å²) in [5.74, 6) is 0. The summed E-state index contributed by atoms with van der Waals surface area (Å²) < 4.78 is 12.3. The number of fused-ring (bicyclic) bond motifs is 1. The molecule has 0 aromatic heterocycles. The highest BCUT2D eigenvalue weighted by Crippen LogP contribution is 2.39. The first-order valence-corrected chi connectivity index (χ1v) is 11.9. The van der Waals surface area contributed by atoms with Crippen LogP contribution in [0.15, 0.2) is 30.3 Å². The average Bonchev–Trinajstić information content (AvgIpc) is 2.96. The van der Waals surface area contributed by atoms with Gasteiger partial charge < -0.3 is 9.16 Å². The molecule has 2 saturated heterocycles. The Morgan fingerprint density at radius 2 is 1.88 bits per heavy atom. The highest BCUT2D eigenvalue weighted by Gasteiger charge is 2.41. The molecule has 24 heavy (non-hydrogen) atoms. The van der Waals surface area contributed by atoms with E-state index >= 15 is 0 Å². The summed E-state index contributed by atoms with van der Waals surface area (Å²) in [6, 6.07) is 10.9. The summed E-state index contributed by atoms with van der Waals surface area (Å²) in [6.45, 7) is 12.7. The molecule has 0 bridgehead atoms. The maximum Gasteiger partial charge on any atom is 0.192 e. The molecule has 0 radical (unpaired) electrons. The number of nitrogens with zero attached hydrogens (tertiary/aromatic N) is 1. The quantitative estimate of drug-likeness (QED) is 0.749. The number of rotatable bonds is 4. The zero-order valence-corrected chi connectivity index (χ0v) is 16.6. The van der Waals surface area contributed by atoms with Gasteiger partial charge in [0.2, 0.25) is 0 Å². The Bertz CT molecular complexity index is 543. The van der Waals surface area contributed by atoms with Gasteiger partial charge in [0, 0.05) is 6.04 Å². The van der Waals surface area contributed by atoms with Gasteiger partial charge in [-0.05, 0) is 36.5 Å². The molecule has 4 nitrogen and oxygen atoms in total. The van der Waals surface area contributed by atoms with Crippen LogP contribution in [0.4, 0.5) is 0 Å². The van der Waals surface area contributed by atoms with Gasteiger partial charge in [-0.2, -0.15) is 5.06 Å². The van der Waals surface area contributed by atoms with E-state index in [1.165, 1.54) is 5.56 Å². The van der Waals surface area contributed by atoms with Crippen LogP contribution < -0.4 is 0 Å². The minimum Gasteiger partial charge on any atom is -0.414 e. The first-order chi connectivity index (χ1) is 11.3. The Kier molecular flexibility index (Phi) is 5.19. The molecule has 3 rings (SSSR count). The molecule has 134 valence electrons. The van der Waals surface area contributed by atoms with E-state index in [1.54, 1.807) is 0 Å². The summed E-state index contributed by atoms with van der Waals surface area (Å²) in [7, 11) is -1.71. The van der Waals surface area contributed by atoms with Gasteiger partial charge in [0.25, 0.3) is 0 Å². The van der Waals surface area contributed by atoms with Crippen molar-refractivity contribution < 1.29 is 14.0 Å². The zero-order chi connectivity index (χ0) is 17.4. The van der Waals surface area contributed by atoms with E-state index < -0.39 is 8.32 Å². The molecule has 3 atom stereocenters. The third-order valence-corrected chi connectivity index (χ3v) is 10.2. The van der Waals surface area contributed by atoms with Crippen LogP contribution in [-0.4, -0.2) is 38.9 Å². The molecule has 2 fully saturated rings.